The molecule has 0 spiro atoms. The molecule has 1 aliphatic carbocycles. The van der Waals surface area contributed by atoms with Crippen LogP contribution in [0.2, 0.25) is 0 Å². The second-order valence-corrected chi connectivity index (χ2v) is 6.94. The highest BCUT2D eigenvalue weighted by Crippen LogP contribution is 2.32. The summed E-state index contributed by atoms with van der Waals surface area (Å²) in [5.41, 5.74) is 3.72. The molecule has 5 nitrogen and oxygen atoms in total. The highest BCUT2D eigenvalue weighted by atomic mass is 16.7. The average Bonchev–Trinajstić information content (AvgIpc) is 3.14. The van der Waals surface area contributed by atoms with Crippen molar-refractivity contribution in [1.82, 2.24) is 10.6 Å². The van der Waals surface area contributed by atoms with Crippen molar-refractivity contribution in [2.45, 2.75) is 44.8 Å². The number of aryl methyl sites for hydroxylation is 1. The highest BCUT2D eigenvalue weighted by molar-refractivity contribution is 5.81. The Hall–Kier alpha value is -2.53. The number of hydrogen-bond acceptors (Lipinski definition) is 4. The summed E-state index contributed by atoms with van der Waals surface area (Å²) in [7, 11) is 0. The Morgan fingerprint density at radius 3 is 2.96 bits per heavy atom. The van der Waals surface area contributed by atoms with Crippen LogP contribution < -0.4 is 20.1 Å². The molecule has 2 aromatic rings. The van der Waals surface area contributed by atoms with Crippen LogP contribution in [0.15, 0.2) is 42.5 Å². The van der Waals surface area contributed by atoms with Gasteiger partial charge in [0.2, 0.25) is 12.7 Å². The van der Waals surface area contributed by atoms with Crippen molar-refractivity contribution < 1.29 is 14.3 Å². The number of hydrogen-bond donors (Lipinski definition) is 2. The monoisotopic (exact) mass is 352 g/mol. The van der Waals surface area contributed by atoms with Gasteiger partial charge in [-0.25, -0.2) is 0 Å². The van der Waals surface area contributed by atoms with Crippen LogP contribution in [0.3, 0.4) is 0 Å². The minimum atomic E-state index is -0.250. The Balaban J connectivity index is 1.34. The SMILES string of the molecule is C[C@H](N[C@@H]1CCCc2ccccc21)C(=O)NCc1ccc2c(c1)OCO2. The van der Waals surface area contributed by atoms with Crippen LogP contribution in [-0.4, -0.2) is 18.7 Å². The van der Waals surface area contributed by atoms with Gasteiger partial charge in [-0.3, -0.25) is 10.1 Å². The van der Waals surface area contributed by atoms with Gasteiger partial charge in [0.1, 0.15) is 0 Å². The van der Waals surface area contributed by atoms with Crippen LogP contribution in [0.4, 0.5) is 0 Å². The number of ether oxygens (including phenoxy) is 2. The zero-order valence-corrected chi connectivity index (χ0v) is 15.0. The molecule has 0 saturated heterocycles. The lowest BCUT2D eigenvalue weighted by Crippen LogP contribution is -2.44. The molecular formula is C21H24N2O3. The first kappa shape index (κ1) is 16.9. The molecular weight excluding hydrogens is 328 g/mol. The largest absolute Gasteiger partial charge is 0.454 e. The lowest BCUT2D eigenvalue weighted by molar-refractivity contribution is -0.123. The minimum absolute atomic E-state index is 0.00530. The lowest BCUT2D eigenvalue weighted by atomic mass is 9.87. The molecule has 2 aliphatic rings. The number of amides is 1. The summed E-state index contributed by atoms with van der Waals surface area (Å²) in [5.74, 6) is 1.50. The summed E-state index contributed by atoms with van der Waals surface area (Å²) in [6, 6.07) is 14.3. The van der Waals surface area contributed by atoms with E-state index in [4.69, 9.17) is 9.47 Å². The van der Waals surface area contributed by atoms with E-state index >= 15 is 0 Å². The number of benzene rings is 2. The lowest BCUT2D eigenvalue weighted by Gasteiger charge is -2.29. The van der Waals surface area contributed by atoms with Gasteiger partial charge >= 0.3 is 0 Å². The fourth-order valence-electron chi connectivity index (χ4n) is 3.70. The van der Waals surface area contributed by atoms with Crippen LogP contribution in [0.5, 0.6) is 11.5 Å². The molecule has 1 heterocycles. The van der Waals surface area contributed by atoms with Crippen molar-refractivity contribution in [3.8, 4) is 11.5 Å². The Morgan fingerprint density at radius 1 is 1.19 bits per heavy atom. The first-order valence-corrected chi connectivity index (χ1v) is 9.21. The molecule has 0 aromatic heterocycles. The van der Waals surface area contributed by atoms with E-state index in [0.29, 0.717) is 6.54 Å². The van der Waals surface area contributed by atoms with Crippen LogP contribution in [0, 0.1) is 0 Å². The first-order valence-electron chi connectivity index (χ1n) is 9.21. The number of carbonyl (C=O) groups excluding carboxylic acids is 1. The van der Waals surface area contributed by atoms with E-state index in [1.165, 1.54) is 11.1 Å². The van der Waals surface area contributed by atoms with E-state index in [0.717, 1.165) is 36.3 Å². The summed E-state index contributed by atoms with van der Waals surface area (Å²) in [6.45, 7) is 2.66. The van der Waals surface area contributed by atoms with Crippen molar-refractivity contribution in [1.29, 1.82) is 0 Å². The van der Waals surface area contributed by atoms with Crippen LogP contribution in [-0.2, 0) is 17.8 Å². The molecule has 0 fully saturated rings. The van der Waals surface area contributed by atoms with E-state index in [2.05, 4.69) is 34.9 Å². The predicted octanol–water partition coefficient (Wildman–Crippen LogP) is 3.09. The Morgan fingerprint density at radius 2 is 2.04 bits per heavy atom. The molecule has 2 atom stereocenters. The summed E-state index contributed by atoms with van der Waals surface area (Å²) in [6.07, 6.45) is 3.34. The van der Waals surface area contributed by atoms with E-state index in [1.54, 1.807) is 0 Å². The van der Waals surface area contributed by atoms with Crippen molar-refractivity contribution in [3.05, 3.63) is 59.2 Å². The van der Waals surface area contributed by atoms with Gasteiger partial charge in [0.05, 0.1) is 6.04 Å². The van der Waals surface area contributed by atoms with Gasteiger partial charge in [0, 0.05) is 12.6 Å². The summed E-state index contributed by atoms with van der Waals surface area (Å²) in [4.78, 5) is 12.5. The number of fused-ring (bicyclic) bond motifs is 2. The maximum absolute atomic E-state index is 12.5. The van der Waals surface area contributed by atoms with Crippen LogP contribution >= 0.6 is 0 Å². The molecule has 0 bridgehead atoms. The van der Waals surface area contributed by atoms with Gasteiger partial charge < -0.3 is 14.8 Å². The van der Waals surface area contributed by atoms with Gasteiger partial charge in [-0.05, 0) is 55.0 Å². The van der Waals surface area contributed by atoms with Crippen LogP contribution in [0.25, 0.3) is 0 Å². The van der Waals surface area contributed by atoms with Crippen molar-refractivity contribution in [2.24, 2.45) is 0 Å². The number of carbonyl (C=O) groups is 1. The zero-order valence-electron chi connectivity index (χ0n) is 15.0. The Labute approximate surface area is 153 Å². The fraction of sp³-hybridized carbons (Fsp3) is 0.381. The zero-order chi connectivity index (χ0) is 17.9. The smallest absolute Gasteiger partial charge is 0.237 e. The quantitative estimate of drug-likeness (QED) is 0.868. The van der Waals surface area contributed by atoms with E-state index in [1.807, 2.05) is 25.1 Å². The van der Waals surface area contributed by atoms with E-state index in [9.17, 15) is 4.79 Å². The second kappa shape index (κ2) is 7.38. The highest BCUT2D eigenvalue weighted by Gasteiger charge is 2.23. The topological polar surface area (TPSA) is 59.6 Å². The standard InChI is InChI=1S/C21H24N2O3/c1-14(23-18-8-4-6-16-5-2-3-7-17(16)18)21(24)22-12-15-9-10-19-20(11-15)26-13-25-19/h2-3,5,7,9-11,14,18,23H,4,6,8,12-13H2,1H3,(H,22,24)/t14-,18+/m0/s1. The molecule has 2 aromatic carbocycles. The minimum Gasteiger partial charge on any atom is -0.454 e. The molecule has 0 saturated carbocycles. The molecule has 1 amide bonds. The third-order valence-electron chi connectivity index (χ3n) is 5.12. The van der Waals surface area contributed by atoms with Crippen molar-refractivity contribution in [3.63, 3.8) is 0 Å². The third kappa shape index (κ3) is 3.53. The molecule has 4 rings (SSSR count). The van der Waals surface area contributed by atoms with Crippen molar-refractivity contribution in [2.75, 3.05) is 6.79 Å². The van der Waals surface area contributed by atoms with Gasteiger partial charge in [-0.2, -0.15) is 0 Å². The number of rotatable bonds is 5. The third-order valence-corrected chi connectivity index (χ3v) is 5.12. The first-order chi connectivity index (χ1) is 12.7. The van der Waals surface area contributed by atoms with E-state index < -0.39 is 0 Å². The molecule has 1 aliphatic heterocycles. The molecule has 2 N–H and O–H groups in total. The summed E-state index contributed by atoms with van der Waals surface area (Å²) >= 11 is 0. The Kier molecular flexibility index (Phi) is 4.80. The maximum Gasteiger partial charge on any atom is 0.237 e. The van der Waals surface area contributed by atoms with Gasteiger partial charge in [0.15, 0.2) is 11.5 Å². The van der Waals surface area contributed by atoms with Crippen LogP contribution in [0.1, 0.15) is 42.5 Å². The molecule has 0 unspecified atom stereocenters. The number of nitrogens with one attached hydrogen (secondary N) is 2. The fourth-order valence-corrected chi connectivity index (χ4v) is 3.70. The second-order valence-electron chi connectivity index (χ2n) is 6.94. The molecule has 0 radical (unpaired) electrons. The normalized spacial score (nSPS) is 18.9. The summed E-state index contributed by atoms with van der Waals surface area (Å²) < 4.78 is 10.7. The van der Waals surface area contributed by atoms with Gasteiger partial charge in [-0.15, -0.1) is 0 Å². The molecule has 136 valence electrons. The molecule has 5 heteroatoms. The van der Waals surface area contributed by atoms with Crippen molar-refractivity contribution >= 4 is 5.91 Å². The Bertz CT molecular complexity index is 806. The summed E-state index contributed by atoms with van der Waals surface area (Å²) in [5, 5.41) is 6.50. The van der Waals surface area contributed by atoms with E-state index in [-0.39, 0.29) is 24.8 Å². The van der Waals surface area contributed by atoms with Gasteiger partial charge in [-0.1, -0.05) is 30.3 Å². The maximum atomic E-state index is 12.5. The molecule has 26 heavy (non-hydrogen) atoms. The van der Waals surface area contributed by atoms with Gasteiger partial charge in [0.25, 0.3) is 0 Å². The average molecular weight is 352 g/mol. The predicted molar refractivity (Wildman–Crippen MR) is 99.1 cm³/mol.